The zero-order valence-electron chi connectivity index (χ0n) is 11.9. The van der Waals surface area contributed by atoms with Gasteiger partial charge in [-0.05, 0) is 42.5 Å². The van der Waals surface area contributed by atoms with E-state index in [0.29, 0.717) is 22.6 Å². The van der Waals surface area contributed by atoms with E-state index in [1.807, 2.05) is 12.1 Å². The molecule has 0 saturated heterocycles. The lowest BCUT2D eigenvalue weighted by Gasteiger charge is -2.01. The Kier molecular flexibility index (Phi) is 3.01. The third kappa shape index (κ3) is 2.30. The molecule has 6 heteroatoms. The highest BCUT2D eigenvalue weighted by atomic mass is 19.1. The Hall–Kier alpha value is -3.28. The average Bonchev–Trinajstić information content (AvgIpc) is 2.95. The fourth-order valence-electron chi connectivity index (χ4n) is 2.52. The zero-order chi connectivity index (χ0) is 15.8. The van der Waals surface area contributed by atoms with Crippen molar-refractivity contribution in [2.75, 3.05) is 0 Å². The lowest BCUT2D eigenvalue weighted by Crippen LogP contribution is -2.02. The minimum absolute atomic E-state index is 0.198. The number of rotatable bonds is 2. The van der Waals surface area contributed by atoms with Gasteiger partial charge in [-0.3, -0.25) is 4.79 Å². The van der Waals surface area contributed by atoms with Crippen LogP contribution in [-0.4, -0.2) is 19.7 Å². The van der Waals surface area contributed by atoms with Gasteiger partial charge in [-0.15, -0.1) is 0 Å². The van der Waals surface area contributed by atoms with Gasteiger partial charge < -0.3 is 4.98 Å². The molecule has 4 rings (SSSR count). The predicted molar refractivity (Wildman–Crippen MR) is 84.9 cm³/mol. The summed E-state index contributed by atoms with van der Waals surface area (Å²) in [6.07, 6.45) is 3.25. The van der Waals surface area contributed by atoms with Crippen LogP contribution in [0.3, 0.4) is 0 Å². The number of fused-ring (bicyclic) bond motifs is 1. The lowest BCUT2D eigenvalue weighted by molar-refractivity contribution is 0.627. The third-order valence-electron chi connectivity index (χ3n) is 3.56. The van der Waals surface area contributed by atoms with Gasteiger partial charge in [-0.25, -0.2) is 14.1 Å². The molecule has 3 heterocycles. The molecule has 112 valence electrons. The molecular formula is C17H11FN4O. The van der Waals surface area contributed by atoms with E-state index in [4.69, 9.17) is 0 Å². The highest BCUT2D eigenvalue weighted by Crippen LogP contribution is 2.27. The Morgan fingerprint density at radius 3 is 2.70 bits per heavy atom. The number of aromatic nitrogens is 4. The molecule has 0 atom stereocenters. The van der Waals surface area contributed by atoms with Crippen LogP contribution in [0.15, 0.2) is 65.7 Å². The first-order valence-corrected chi connectivity index (χ1v) is 7.01. The molecule has 0 spiro atoms. The van der Waals surface area contributed by atoms with E-state index in [2.05, 4.69) is 15.1 Å². The van der Waals surface area contributed by atoms with E-state index >= 15 is 0 Å². The number of H-pyrrole nitrogens is 1. The smallest absolute Gasteiger partial charge is 0.248 e. The minimum atomic E-state index is -0.312. The second-order valence-electron chi connectivity index (χ2n) is 5.05. The van der Waals surface area contributed by atoms with E-state index in [0.717, 1.165) is 5.39 Å². The molecule has 0 aliphatic heterocycles. The summed E-state index contributed by atoms with van der Waals surface area (Å²) in [5.74, 6) is -0.312. The molecule has 0 aliphatic rings. The normalized spacial score (nSPS) is 11.0. The standard InChI is InChI=1S/C17H11FN4O/c18-12-3-5-13(6-4-12)22-17-14(2-1-8-20-17)16(21-22)11-7-9-19-15(23)10-11/h1-10H,(H,19,23). The van der Waals surface area contributed by atoms with E-state index in [1.54, 1.807) is 35.3 Å². The van der Waals surface area contributed by atoms with Crippen LogP contribution in [0.1, 0.15) is 0 Å². The number of hydrogen-bond donors (Lipinski definition) is 1. The molecule has 0 amide bonds. The second-order valence-corrected chi connectivity index (χ2v) is 5.05. The van der Waals surface area contributed by atoms with Crippen molar-refractivity contribution in [2.24, 2.45) is 0 Å². The number of pyridine rings is 2. The van der Waals surface area contributed by atoms with Crippen molar-refractivity contribution in [1.29, 1.82) is 0 Å². The Bertz CT molecular complexity index is 1050. The SMILES string of the molecule is O=c1cc(-c2nn(-c3ccc(F)cc3)c3ncccc23)cc[nH]1. The summed E-state index contributed by atoms with van der Waals surface area (Å²) in [5, 5.41) is 5.40. The van der Waals surface area contributed by atoms with Crippen LogP contribution in [0.4, 0.5) is 4.39 Å². The summed E-state index contributed by atoms with van der Waals surface area (Å²) < 4.78 is 14.8. The molecule has 0 saturated carbocycles. The van der Waals surface area contributed by atoms with Crippen molar-refractivity contribution in [3.8, 4) is 16.9 Å². The van der Waals surface area contributed by atoms with E-state index in [1.165, 1.54) is 18.2 Å². The second kappa shape index (κ2) is 5.17. The van der Waals surface area contributed by atoms with Gasteiger partial charge in [0.25, 0.3) is 0 Å². The maximum atomic E-state index is 13.1. The molecule has 1 N–H and O–H groups in total. The van der Waals surface area contributed by atoms with Crippen LogP contribution in [0.5, 0.6) is 0 Å². The molecule has 0 bridgehead atoms. The first-order valence-electron chi connectivity index (χ1n) is 7.01. The van der Waals surface area contributed by atoms with Gasteiger partial charge in [-0.1, -0.05) is 0 Å². The topological polar surface area (TPSA) is 63.6 Å². The van der Waals surface area contributed by atoms with Crippen LogP contribution >= 0.6 is 0 Å². The van der Waals surface area contributed by atoms with Crippen LogP contribution in [0.25, 0.3) is 28.0 Å². The van der Waals surface area contributed by atoms with E-state index < -0.39 is 0 Å². The highest BCUT2D eigenvalue weighted by Gasteiger charge is 2.14. The van der Waals surface area contributed by atoms with Gasteiger partial charge in [0.1, 0.15) is 11.5 Å². The van der Waals surface area contributed by atoms with Crippen molar-refractivity contribution >= 4 is 11.0 Å². The van der Waals surface area contributed by atoms with Gasteiger partial charge in [0, 0.05) is 29.4 Å². The summed E-state index contributed by atoms with van der Waals surface area (Å²) >= 11 is 0. The van der Waals surface area contributed by atoms with Crippen LogP contribution in [0, 0.1) is 5.82 Å². The minimum Gasteiger partial charge on any atom is -0.329 e. The Labute approximate surface area is 130 Å². The number of nitrogens with zero attached hydrogens (tertiary/aromatic N) is 3. The summed E-state index contributed by atoms with van der Waals surface area (Å²) in [7, 11) is 0. The van der Waals surface area contributed by atoms with Gasteiger partial charge >= 0.3 is 0 Å². The van der Waals surface area contributed by atoms with E-state index in [9.17, 15) is 9.18 Å². The van der Waals surface area contributed by atoms with Crippen LogP contribution in [0.2, 0.25) is 0 Å². The van der Waals surface area contributed by atoms with Crippen LogP contribution < -0.4 is 5.56 Å². The van der Waals surface area contributed by atoms with E-state index in [-0.39, 0.29) is 11.4 Å². The zero-order valence-corrected chi connectivity index (χ0v) is 11.9. The molecule has 5 nitrogen and oxygen atoms in total. The quantitative estimate of drug-likeness (QED) is 0.619. The fraction of sp³-hybridized carbons (Fsp3) is 0. The maximum absolute atomic E-state index is 13.1. The van der Waals surface area contributed by atoms with Crippen molar-refractivity contribution in [1.82, 2.24) is 19.7 Å². The van der Waals surface area contributed by atoms with Crippen molar-refractivity contribution in [3.63, 3.8) is 0 Å². The van der Waals surface area contributed by atoms with Crippen molar-refractivity contribution < 1.29 is 4.39 Å². The van der Waals surface area contributed by atoms with Gasteiger partial charge in [-0.2, -0.15) is 5.10 Å². The third-order valence-corrected chi connectivity index (χ3v) is 3.56. The highest BCUT2D eigenvalue weighted by molar-refractivity contribution is 5.91. The predicted octanol–water partition coefficient (Wildman–Crippen LogP) is 2.91. The van der Waals surface area contributed by atoms with Gasteiger partial charge in [0.15, 0.2) is 5.65 Å². The maximum Gasteiger partial charge on any atom is 0.248 e. The molecule has 23 heavy (non-hydrogen) atoms. The van der Waals surface area contributed by atoms with Crippen molar-refractivity contribution in [2.45, 2.75) is 0 Å². The fourth-order valence-corrected chi connectivity index (χ4v) is 2.52. The first kappa shape index (κ1) is 13.4. The van der Waals surface area contributed by atoms with Crippen LogP contribution in [-0.2, 0) is 0 Å². The molecule has 1 aromatic carbocycles. The number of hydrogen-bond acceptors (Lipinski definition) is 3. The number of aromatic amines is 1. The van der Waals surface area contributed by atoms with Crippen molar-refractivity contribution in [3.05, 3.63) is 77.1 Å². The molecule has 0 fully saturated rings. The summed E-state index contributed by atoms with van der Waals surface area (Å²) in [6, 6.07) is 13.0. The largest absolute Gasteiger partial charge is 0.329 e. The Morgan fingerprint density at radius 2 is 1.91 bits per heavy atom. The molecule has 0 aliphatic carbocycles. The monoisotopic (exact) mass is 306 g/mol. The van der Waals surface area contributed by atoms with Gasteiger partial charge in [0.2, 0.25) is 5.56 Å². The lowest BCUT2D eigenvalue weighted by atomic mass is 10.1. The summed E-state index contributed by atoms with van der Waals surface area (Å²) in [4.78, 5) is 18.5. The Balaban J connectivity index is 2.00. The average molecular weight is 306 g/mol. The first-order chi connectivity index (χ1) is 11.2. The summed E-state index contributed by atoms with van der Waals surface area (Å²) in [5.41, 5.74) is 2.51. The number of nitrogens with one attached hydrogen (secondary N) is 1. The molecule has 0 unspecified atom stereocenters. The molecular weight excluding hydrogens is 295 g/mol. The number of halogens is 1. The molecule has 4 aromatic rings. The molecule has 0 radical (unpaired) electrons. The number of benzene rings is 1. The molecule has 3 aromatic heterocycles. The summed E-state index contributed by atoms with van der Waals surface area (Å²) in [6.45, 7) is 0. The van der Waals surface area contributed by atoms with Gasteiger partial charge in [0.05, 0.1) is 5.69 Å². The Morgan fingerprint density at radius 1 is 1.09 bits per heavy atom.